The first-order valence-corrected chi connectivity index (χ1v) is 7.65. The molecule has 0 aliphatic carbocycles. The van der Waals surface area contributed by atoms with Crippen LogP contribution < -0.4 is 0 Å². The molecule has 0 amide bonds. The molecule has 0 aliphatic heterocycles. The van der Waals surface area contributed by atoms with Crippen LogP contribution in [0.2, 0.25) is 0 Å². The van der Waals surface area contributed by atoms with Gasteiger partial charge in [-0.2, -0.15) is 0 Å². The summed E-state index contributed by atoms with van der Waals surface area (Å²) in [5, 5.41) is 0.902. The summed E-state index contributed by atoms with van der Waals surface area (Å²) < 4.78 is 0.368. The third-order valence-corrected chi connectivity index (χ3v) is 4.41. The van der Waals surface area contributed by atoms with Gasteiger partial charge in [-0.05, 0) is 0 Å². The van der Waals surface area contributed by atoms with Crippen molar-refractivity contribution in [3.63, 3.8) is 0 Å². The zero-order chi connectivity index (χ0) is 11.9. The van der Waals surface area contributed by atoms with E-state index in [1.807, 2.05) is 48.5 Å². The van der Waals surface area contributed by atoms with Crippen LogP contribution in [0, 0.1) is 0 Å². The second-order valence-electron chi connectivity index (χ2n) is 3.81. The van der Waals surface area contributed by atoms with E-state index in [4.69, 9.17) is 0 Å². The van der Waals surface area contributed by atoms with Crippen LogP contribution in [-0.4, -0.2) is 19.6 Å². The van der Waals surface area contributed by atoms with Crippen molar-refractivity contribution in [1.29, 1.82) is 0 Å². The van der Waals surface area contributed by atoms with E-state index < -0.39 is 0 Å². The van der Waals surface area contributed by atoms with Crippen LogP contribution >= 0.6 is 0 Å². The fourth-order valence-corrected chi connectivity index (χ4v) is 3.21. The maximum absolute atomic E-state index is 11.8. The summed E-state index contributed by atoms with van der Waals surface area (Å²) in [6, 6.07) is 20.2. The molecule has 0 saturated heterocycles. The summed E-state index contributed by atoms with van der Waals surface area (Å²) >= 11 is 0.0528. The number of hydrogen-bond acceptors (Lipinski definition) is 1. The van der Waals surface area contributed by atoms with E-state index in [-0.39, 0.29) is 15.0 Å². The molecule has 2 aromatic carbocycles. The van der Waals surface area contributed by atoms with Crippen molar-refractivity contribution in [2.24, 2.45) is 0 Å². The molecule has 0 heterocycles. The van der Waals surface area contributed by atoms with Crippen molar-refractivity contribution in [1.82, 2.24) is 0 Å². The van der Waals surface area contributed by atoms with Gasteiger partial charge < -0.3 is 0 Å². The Balaban J connectivity index is 1.83. The molecule has 86 valence electrons. The van der Waals surface area contributed by atoms with Gasteiger partial charge in [0.2, 0.25) is 0 Å². The van der Waals surface area contributed by atoms with Crippen LogP contribution in [-0.2, 0) is 16.5 Å². The Kier molecular flexibility index (Phi) is 4.54. The zero-order valence-corrected chi connectivity index (χ0v) is 11.2. The Bertz CT molecular complexity index is 465. The van der Waals surface area contributed by atoms with Gasteiger partial charge in [0, 0.05) is 0 Å². The Morgan fingerprint density at radius 2 is 1.35 bits per heavy atom. The average Bonchev–Trinajstić information content (AvgIpc) is 2.39. The Morgan fingerprint density at radius 1 is 0.824 bits per heavy atom. The molecule has 0 aromatic heterocycles. The minimum absolute atomic E-state index is 0.0528. The van der Waals surface area contributed by atoms with Crippen molar-refractivity contribution >= 4 is 19.6 Å². The second kappa shape index (κ2) is 6.39. The van der Waals surface area contributed by atoms with Crippen LogP contribution in [0.15, 0.2) is 60.7 Å². The molecule has 0 saturated carbocycles. The second-order valence-corrected chi connectivity index (χ2v) is 5.98. The van der Waals surface area contributed by atoms with Crippen LogP contribution in [0.25, 0.3) is 0 Å². The molecule has 0 atom stereocenters. The Hall–Kier alpha value is -1.37. The van der Waals surface area contributed by atoms with Crippen molar-refractivity contribution in [3.05, 3.63) is 71.8 Å². The average molecular weight is 289 g/mol. The summed E-state index contributed by atoms with van der Waals surface area (Å²) in [4.78, 5) is 11.8. The fourth-order valence-electron chi connectivity index (χ4n) is 1.55. The van der Waals surface area contributed by atoms with Crippen LogP contribution in [0.4, 0.5) is 0 Å². The quantitative estimate of drug-likeness (QED) is 0.773. The van der Waals surface area contributed by atoms with Gasteiger partial charge >= 0.3 is 108 Å². The van der Waals surface area contributed by atoms with Gasteiger partial charge in [-0.1, -0.05) is 0 Å². The summed E-state index contributed by atoms with van der Waals surface area (Å²) in [5.41, 5.74) is 2.38. The molecule has 2 heteroatoms. The first kappa shape index (κ1) is 12.1. The molecule has 17 heavy (non-hydrogen) atoms. The molecule has 0 bridgehead atoms. The number of carbonyl (C=O) groups excluding carboxylic acids is 1. The summed E-state index contributed by atoms with van der Waals surface area (Å²) in [6.45, 7) is 0. The molecule has 0 aliphatic rings. The number of hydrogen-bond donors (Lipinski definition) is 0. The predicted octanol–water partition coefficient (Wildman–Crippen LogP) is 2.66. The molecule has 0 unspecified atom stereocenters. The third kappa shape index (κ3) is 4.18. The van der Waals surface area contributed by atoms with E-state index in [1.165, 1.54) is 5.56 Å². The van der Waals surface area contributed by atoms with Gasteiger partial charge in [-0.3, -0.25) is 0 Å². The molecule has 0 N–H and O–H groups in total. The van der Waals surface area contributed by atoms with E-state index in [0.29, 0.717) is 11.1 Å². The third-order valence-electron chi connectivity index (χ3n) is 2.43. The molecule has 0 fully saturated rings. The van der Waals surface area contributed by atoms with E-state index in [2.05, 4.69) is 12.1 Å². The summed E-state index contributed by atoms with van der Waals surface area (Å²) in [7, 11) is 0. The van der Waals surface area contributed by atoms with Crippen LogP contribution in [0.1, 0.15) is 11.1 Å². The van der Waals surface area contributed by atoms with Crippen LogP contribution in [0.5, 0.6) is 0 Å². The van der Waals surface area contributed by atoms with E-state index in [1.54, 1.807) is 0 Å². The van der Waals surface area contributed by atoms with Gasteiger partial charge in [0.15, 0.2) is 0 Å². The first-order chi connectivity index (χ1) is 8.34. The van der Waals surface area contributed by atoms with Gasteiger partial charge in [0.1, 0.15) is 0 Å². The summed E-state index contributed by atoms with van der Waals surface area (Å²) in [5.74, 6) is 0. The van der Waals surface area contributed by atoms with E-state index in [0.717, 1.165) is 10.9 Å². The van der Waals surface area contributed by atoms with Gasteiger partial charge in [0.25, 0.3) is 0 Å². The minimum atomic E-state index is 0.0528. The summed E-state index contributed by atoms with van der Waals surface area (Å²) in [6.07, 6.45) is 0.577. The molecular weight excluding hydrogens is 275 g/mol. The topological polar surface area (TPSA) is 17.1 Å². The number of rotatable bonds is 5. The molecule has 0 spiro atoms. The first-order valence-electron chi connectivity index (χ1n) is 5.58. The number of carbonyl (C=O) groups is 1. The number of benzene rings is 2. The van der Waals surface area contributed by atoms with Crippen molar-refractivity contribution in [2.45, 2.75) is 11.7 Å². The van der Waals surface area contributed by atoms with Crippen molar-refractivity contribution in [2.75, 3.05) is 0 Å². The molecule has 2 aromatic rings. The molecule has 1 nitrogen and oxygen atoms in total. The zero-order valence-electron chi connectivity index (χ0n) is 9.50. The van der Waals surface area contributed by atoms with E-state index in [9.17, 15) is 4.79 Å². The van der Waals surface area contributed by atoms with Crippen molar-refractivity contribution in [3.8, 4) is 0 Å². The standard InChI is InChI=1S/C15H14OSe/c16-15(11-13-7-3-1-4-8-13)17-12-14-9-5-2-6-10-14/h1-10H,11-12H2. The SMILES string of the molecule is O=C(Cc1ccccc1)[Se]Cc1ccccc1. The van der Waals surface area contributed by atoms with E-state index >= 15 is 0 Å². The Labute approximate surface area is 108 Å². The monoisotopic (exact) mass is 290 g/mol. The van der Waals surface area contributed by atoms with Crippen LogP contribution in [0.3, 0.4) is 0 Å². The van der Waals surface area contributed by atoms with Gasteiger partial charge in [-0.25, -0.2) is 0 Å². The molecule has 2 rings (SSSR count). The fraction of sp³-hybridized carbons (Fsp3) is 0.133. The Morgan fingerprint density at radius 3 is 1.94 bits per heavy atom. The van der Waals surface area contributed by atoms with Crippen molar-refractivity contribution < 1.29 is 4.79 Å². The van der Waals surface area contributed by atoms with Gasteiger partial charge in [0.05, 0.1) is 0 Å². The normalized spacial score (nSPS) is 10.1. The maximum atomic E-state index is 11.8. The predicted molar refractivity (Wildman–Crippen MR) is 71.1 cm³/mol. The molecular formula is C15H14OSe. The molecule has 0 radical (unpaired) electrons. The van der Waals surface area contributed by atoms with Gasteiger partial charge in [-0.15, -0.1) is 0 Å².